The Labute approximate surface area is 140 Å². The molecule has 1 fully saturated rings. The van der Waals surface area contributed by atoms with Gasteiger partial charge in [0, 0.05) is 0 Å². The molecular weight excluding hydrogens is 305 g/mol. The fourth-order valence-corrected chi connectivity index (χ4v) is 13.7. The Morgan fingerprint density at radius 1 is 0.864 bits per heavy atom. The quantitative estimate of drug-likeness (QED) is 0.541. The van der Waals surface area contributed by atoms with Crippen molar-refractivity contribution in [3.05, 3.63) is 12.2 Å². The zero-order chi connectivity index (χ0) is 17.6. The van der Waals surface area contributed by atoms with Crippen molar-refractivity contribution in [3.63, 3.8) is 0 Å². The first-order valence-electron chi connectivity index (χ1n) is 8.41. The molecule has 0 aromatic rings. The van der Waals surface area contributed by atoms with Gasteiger partial charge in [-0.2, -0.15) is 0 Å². The molecule has 0 aromatic heterocycles. The number of hydrogen-bond donors (Lipinski definition) is 0. The molecule has 0 amide bonds. The lowest BCUT2D eigenvalue weighted by molar-refractivity contribution is 0.00578. The minimum atomic E-state index is -1.50. The van der Waals surface area contributed by atoms with E-state index in [1.807, 2.05) is 0 Å². The molecule has 128 valence electrons. The standard InChI is InChI=1S/C16H36BNO2Si2/c1-12-13-14(18(21(6,7)8)22(9,10)11)17-19-15(2,3)16(4,5)20-17/h12-14H,1-11H3/b13-12+. The highest BCUT2D eigenvalue weighted by atomic mass is 28.4. The van der Waals surface area contributed by atoms with Gasteiger partial charge >= 0.3 is 7.12 Å². The Balaban J connectivity index is 3.24. The predicted molar refractivity (Wildman–Crippen MR) is 103 cm³/mol. The van der Waals surface area contributed by atoms with Crippen LogP contribution in [-0.4, -0.2) is 45.0 Å². The average Bonchev–Trinajstić information content (AvgIpc) is 2.43. The molecule has 0 bridgehead atoms. The Hall–Kier alpha value is 0.119. The van der Waals surface area contributed by atoms with Gasteiger partial charge in [0.25, 0.3) is 0 Å². The second-order valence-corrected chi connectivity index (χ2v) is 19.4. The van der Waals surface area contributed by atoms with E-state index in [1.165, 1.54) is 0 Å². The van der Waals surface area contributed by atoms with E-state index < -0.39 is 16.5 Å². The molecule has 0 aromatic carbocycles. The molecule has 0 N–H and O–H groups in total. The minimum absolute atomic E-state index is 0.195. The fraction of sp³-hybridized carbons (Fsp3) is 0.875. The van der Waals surface area contributed by atoms with Gasteiger partial charge in [-0.25, -0.2) is 0 Å². The fourth-order valence-electron chi connectivity index (χ4n) is 3.42. The third-order valence-electron chi connectivity index (χ3n) is 4.68. The molecule has 0 radical (unpaired) electrons. The number of allylic oxidation sites excluding steroid dienone is 1. The van der Waals surface area contributed by atoms with Crippen molar-refractivity contribution >= 4 is 23.6 Å². The maximum atomic E-state index is 6.38. The number of nitrogens with zero attached hydrogens (tertiary/aromatic N) is 1. The Kier molecular flexibility index (Phi) is 5.69. The molecule has 1 saturated heterocycles. The molecule has 3 nitrogen and oxygen atoms in total. The van der Waals surface area contributed by atoms with Crippen LogP contribution in [0, 0.1) is 0 Å². The van der Waals surface area contributed by atoms with Gasteiger partial charge in [0.15, 0.2) is 0 Å². The summed E-state index contributed by atoms with van der Waals surface area (Å²) in [6.07, 6.45) is 4.42. The van der Waals surface area contributed by atoms with Crippen molar-refractivity contribution in [1.82, 2.24) is 4.23 Å². The van der Waals surface area contributed by atoms with Gasteiger partial charge in [0.2, 0.25) is 0 Å². The van der Waals surface area contributed by atoms with Crippen molar-refractivity contribution in [2.75, 3.05) is 0 Å². The normalized spacial score (nSPS) is 23.5. The summed E-state index contributed by atoms with van der Waals surface area (Å²) in [4.78, 5) is 0. The number of rotatable bonds is 5. The van der Waals surface area contributed by atoms with Crippen LogP contribution in [0.15, 0.2) is 12.2 Å². The minimum Gasteiger partial charge on any atom is -0.402 e. The molecule has 1 aliphatic heterocycles. The summed E-state index contributed by atoms with van der Waals surface area (Å²) in [6, 6.07) is 0. The maximum absolute atomic E-state index is 6.38. The molecule has 0 saturated carbocycles. The van der Waals surface area contributed by atoms with Gasteiger partial charge < -0.3 is 13.5 Å². The summed E-state index contributed by atoms with van der Waals surface area (Å²) in [5, 5.41) is 0. The molecule has 0 spiro atoms. The van der Waals surface area contributed by atoms with E-state index in [0.717, 1.165) is 0 Å². The van der Waals surface area contributed by atoms with Gasteiger partial charge in [-0.3, -0.25) is 0 Å². The molecular formula is C16H36BNO2Si2. The molecule has 22 heavy (non-hydrogen) atoms. The van der Waals surface area contributed by atoms with Crippen LogP contribution >= 0.6 is 0 Å². The first-order valence-corrected chi connectivity index (χ1v) is 15.3. The molecule has 6 heteroatoms. The smallest absolute Gasteiger partial charge is 0.402 e. The molecule has 1 atom stereocenters. The van der Waals surface area contributed by atoms with Crippen LogP contribution in [0.2, 0.25) is 39.3 Å². The number of hydrogen-bond acceptors (Lipinski definition) is 3. The first-order chi connectivity index (χ1) is 9.63. The van der Waals surface area contributed by atoms with Crippen LogP contribution in [0.4, 0.5) is 0 Å². The van der Waals surface area contributed by atoms with Crippen molar-refractivity contribution in [1.29, 1.82) is 0 Å². The summed E-state index contributed by atoms with van der Waals surface area (Å²) in [5.41, 5.74) is -0.551. The third kappa shape index (κ3) is 4.15. The highest BCUT2D eigenvalue weighted by Crippen LogP contribution is 2.39. The summed E-state index contributed by atoms with van der Waals surface area (Å²) >= 11 is 0. The Bertz CT molecular complexity index is 395. The Morgan fingerprint density at radius 2 is 1.23 bits per heavy atom. The molecule has 0 aliphatic carbocycles. The van der Waals surface area contributed by atoms with E-state index in [-0.39, 0.29) is 24.3 Å². The van der Waals surface area contributed by atoms with Gasteiger partial charge in [-0.15, -0.1) is 0 Å². The van der Waals surface area contributed by atoms with Gasteiger partial charge in [0.1, 0.15) is 16.5 Å². The van der Waals surface area contributed by atoms with Crippen molar-refractivity contribution in [2.24, 2.45) is 0 Å². The highest BCUT2D eigenvalue weighted by Gasteiger charge is 2.56. The largest absolute Gasteiger partial charge is 0.479 e. The van der Waals surface area contributed by atoms with E-state index in [2.05, 4.69) is 90.3 Å². The van der Waals surface area contributed by atoms with E-state index >= 15 is 0 Å². The average molecular weight is 341 g/mol. The molecule has 1 rings (SSSR count). The van der Waals surface area contributed by atoms with Crippen LogP contribution in [0.25, 0.3) is 0 Å². The highest BCUT2D eigenvalue weighted by molar-refractivity contribution is 6.90. The topological polar surface area (TPSA) is 21.7 Å². The monoisotopic (exact) mass is 341 g/mol. The summed E-state index contributed by atoms with van der Waals surface area (Å²) in [7, 11) is -3.19. The van der Waals surface area contributed by atoms with E-state index in [9.17, 15) is 0 Å². The zero-order valence-electron chi connectivity index (χ0n) is 16.6. The van der Waals surface area contributed by atoms with Crippen LogP contribution < -0.4 is 0 Å². The molecule has 1 aliphatic rings. The van der Waals surface area contributed by atoms with Gasteiger partial charge in [-0.1, -0.05) is 51.4 Å². The van der Waals surface area contributed by atoms with Crippen LogP contribution in [0.1, 0.15) is 34.6 Å². The third-order valence-corrected chi connectivity index (χ3v) is 12.2. The lowest BCUT2D eigenvalue weighted by atomic mass is 9.79. The summed E-state index contributed by atoms with van der Waals surface area (Å²) in [6.45, 7) is 25.2. The van der Waals surface area contributed by atoms with E-state index in [4.69, 9.17) is 9.31 Å². The molecule has 1 heterocycles. The lowest BCUT2D eigenvalue weighted by Crippen LogP contribution is -2.66. The second-order valence-electron chi connectivity index (χ2n) is 9.35. The van der Waals surface area contributed by atoms with Crippen molar-refractivity contribution < 1.29 is 9.31 Å². The van der Waals surface area contributed by atoms with Gasteiger partial charge in [0.05, 0.1) is 17.1 Å². The lowest BCUT2D eigenvalue weighted by Gasteiger charge is -2.48. The van der Waals surface area contributed by atoms with Crippen LogP contribution in [-0.2, 0) is 9.31 Å². The predicted octanol–water partition coefficient (Wildman–Crippen LogP) is 4.53. The van der Waals surface area contributed by atoms with Crippen LogP contribution in [0.3, 0.4) is 0 Å². The first kappa shape index (κ1) is 20.2. The molecule has 1 unspecified atom stereocenters. The summed E-state index contributed by atoms with van der Waals surface area (Å²) < 4.78 is 15.5. The zero-order valence-corrected chi connectivity index (χ0v) is 18.6. The van der Waals surface area contributed by atoms with E-state index in [0.29, 0.717) is 0 Å². The van der Waals surface area contributed by atoms with Crippen molar-refractivity contribution in [3.8, 4) is 0 Å². The van der Waals surface area contributed by atoms with E-state index in [1.54, 1.807) is 0 Å². The van der Waals surface area contributed by atoms with Crippen LogP contribution in [0.5, 0.6) is 0 Å². The SMILES string of the molecule is C/C=C/C(B1OC(C)(C)C(C)(C)O1)N([Si](C)(C)C)[Si](C)(C)C. The van der Waals surface area contributed by atoms with Crippen molar-refractivity contribution in [2.45, 2.75) is 91.0 Å². The maximum Gasteiger partial charge on any atom is 0.479 e. The second kappa shape index (κ2) is 6.20. The Morgan fingerprint density at radius 3 is 1.50 bits per heavy atom. The van der Waals surface area contributed by atoms with Gasteiger partial charge in [-0.05, 0) is 34.6 Å². The summed E-state index contributed by atoms with van der Waals surface area (Å²) in [5.74, 6) is 0.199.